The quantitative estimate of drug-likeness (QED) is 0.891. The van der Waals surface area contributed by atoms with Crippen LogP contribution in [-0.4, -0.2) is 20.8 Å². The number of rotatable bonds is 5. The van der Waals surface area contributed by atoms with Gasteiger partial charge < -0.3 is 4.74 Å². The molecule has 0 amide bonds. The number of sulfonamides is 1. The lowest BCUT2D eigenvalue weighted by Crippen LogP contribution is -2.33. The highest BCUT2D eigenvalue weighted by Gasteiger charge is 2.25. The van der Waals surface area contributed by atoms with Crippen molar-refractivity contribution in [2.75, 3.05) is 12.4 Å². The predicted octanol–water partition coefficient (Wildman–Crippen LogP) is 1.83. The van der Waals surface area contributed by atoms with Crippen LogP contribution in [0.1, 0.15) is 19.4 Å². The molecular formula is C12H18FNO3S. The van der Waals surface area contributed by atoms with E-state index in [-0.39, 0.29) is 18.2 Å². The van der Waals surface area contributed by atoms with Crippen LogP contribution in [0.15, 0.2) is 18.2 Å². The predicted molar refractivity (Wildman–Crippen MR) is 68.4 cm³/mol. The third-order valence-electron chi connectivity index (χ3n) is 2.35. The summed E-state index contributed by atoms with van der Waals surface area (Å²) in [6.07, 6.45) is 0. The monoisotopic (exact) mass is 275 g/mol. The molecule has 0 aliphatic heterocycles. The summed E-state index contributed by atoms with van der Waals surface area (Å²) >= 11 is 0. The van der Waals surface area contributed by atoms with Crippen LogP contribution in [0.25, 0.3) is 0 Å². The lowest BCUT2D eigenvalue weighted by atomic mass is 9.98. The first kappa shape index (κ1) is 14.9. The maximum Gasteiger partial charge on any atom is 0.209 e. The van der Waals surface area contributed by atoms with E-state index in [1.54, 1.807) is 20.8 Å². The molecule has 0 aliphatic rings. The van der Waals surface area contributed by atoms with Crippen molar-refractivity contribution in [3.05, 3.63) is 29.6 Å². The minimum Gasteiger partial charge on any atom is -0.493 e. The Labute approximate surface area is 107 Å². The third-order valence-corrected chi connectivity index (χ3v) is 3.53. The second kappa shape index (κ2) is 5.24. The average molecular weight is 275 g/mol. The van der Waals surface area contributed by atoms with Gasteiger partial charge in [-0.1, -0.05) is 13.8 Å². The minimum absolute atomic E-state index is 0.166. The van der Waals surface area contributed by atoms with Crippen LogP contribution in [0.3, 0.4) is 0 Å². The summed E-state index contributed by atoms with van der Waals surface area (Å²) in [5, 5.41) is 5.01. The zero-order valence-corrected chi connectivity index (χ0v) is 11.6. The molecule has 0 aromatic heterocycles. The molecule has 0 fully saturated rings. The number of hydrogen-bond acceptors (Lipinski definition) is 3. The average Bonchev–Trinajstić information content (AvgIpc) is 2.12. The van der Waals surface area contributed by atoms with Gasteiger partial charge >= 0.3 is 0 Å². The summed E-state index contributed by atoms with van der Waals surface area (Å²) in [5.41, 5.74) is 0.0652. The summed E-state index contributed by atoms with van der Waals surface area (Å²) < 4.78 is 40.5. The molecule has 18 heavy (non-hydrogen) atoms. The molecule has 1 rings (SSSR count). The largest absolute Gasteiger partial charge is 0.493 e. The Hall–Kier alpha value is -1.14. The smallest absolute Gasteiger partial charge is 0.209 e. The van der Waals surface area contributed by atoms with Gasteiger partial charge in [-0.05, 0) is 30.7 Å². The van der Waals surface area contributed by atoms with Crippen molar-refractivity contribution >= 4 is 10.0 Å². The summed E-state index contributed by atoms with van der Waals surface area (Å²) in [6, 6.07) is 4.19. The number of benzene rings is 1. The fourth-order valence-electron chi connectivity index (χ4n) is 1.63. The van der Waals surface area contributed by atoms with Crippen molar-refractivity contribution < 1.29 is 17.5 Å². The van der Waals surface area contributed by atoms with Crippen LogP contribution >= 0.6 is 0 Å². The summed E-state index contributed by atoms with van der Waals surface area (Å²) in [5.74, 6) is 0.0443. The van der Waals surface area contributed by atoms with E-state index < -0.39 is 15.4 Å². The number of primary sulfonamides is 1. The number of ether oxygens (including phenoxy) is 1. The van der Waals surface area contributed by atoms with Crippen molar-refractivity contribution in [2.45, 2.75) is 20.8 Å². The third kappa shape index (κ3) is 5.01. The fourth-order valence-corrected chi connectivity index (χ4v) is 2.81. The molecule has 0 spiro atoms. The van der Waals surface area contributed by atoms with E-state index in [0.717, 1.165) is 0 Å². The van der Waals surface area contributed by atoms with Crippen molar-refractivity contribution in [1.29, 1.82) is 0 Å². The van der Waals surface area contributed by atoms with Gasteiger partial charge in [-0.25, -0.2) is 17.9 Å². The molecule has 0 radical (unpaired) electrons. The van der Waals surface area contributed by atoms with E-state index in [1.807, 2.05) is 0 Å². The number of halogens is 1. The first-order chi connectivity index (χ1) is 8.09. The van der Waals surface area contributed by atoms with Crippen LogP contribution in [0.5, 0.6) is 5.75 Å². The Bertz CT molecular complexity index is 526. The SMILES string of the molecule is Cc1cc(F)ccc1OCC(C)(C)CS(N)(=O)=O. The highest BCUT2D eigenvalue weighted by molar-refractivity contribution is 7.89. The van der Waals surface area contributed by atoms with Gasteiger partial charge in [0.05, 0.1) is 12.4 Å². The van der Waals surface area contributed by atoms with Crippen molar-refractivity contribution in [1.82, 2.24) is 0 Å². The van der Waals surface area contributed by atoms with E-state index in [2.05, 4.69) is 0 Å². The van der Waals surface area contributed by atoms with Crippen LogP contribution in [0.4, 0.5) is 4.39 Å². The van der Waals surface area contributed by atoms with E-state index in [9.17, 15) is 12.8 Å². The second-order valence-electron chi connectivity index (χ2n) is 5.17. The first-order valence-corrected chi connectivity index (χ1v) is 7.20. The normalized spacial score (nSPS) is 12.5. The van der Waals surface area contributed by atoms with Gasteiger partial charge in [0.1, 0.15) is 11.6 Å². The van der Waals surface area contributed by atoms with Gasteiger partial charge in [-0.15, -0.1) is 0 Å². The molecule has 1 aromatic rings. The highest BCUT2D eigenvalue weighted by atomic mass is 32.2. The Morgan fingerprint density at radius 3 is 2.50 bits per heavy atom. The Kier molecular flexibility index (Phi) is 4.34. The fraction of sp³-hybridized carbons (Fsp3) is 0.500. The molecular weight excluding hydrogens is 257 g/mol. The first-order valence-electron chi connectivity index (χ1n) is 5.48. The van der Waals surface area contributed by atoms with Crippen LogP contribution in [0.2, 0.25) is 0 Å². The van der Waals surface area contributed by atoms with E-state index in [1.165, 1.54) is 18.2 Å². The van der Waals surface area contributed by atoms with Gasteiger partial charge in [0.25, 0.3) is 0 Å². The molecule has 1 aromatic carbocycles. The maximum atomic E-state index is 12.9. The van der Waals surface area contributed by atoms with Crippen LogP contribution in [-0.2, 0) is 10.0 Å². The van der Waals surface area contributed by atoms with Crippen LogP contribution < -0.4 is 9.88 Å². The minimum atomic E-state index is -3.54. The molecule has 0 saturated heterocycles. The zero-order chi connectivity index (χ0) is 14.0. The van der Waals surface area contributed by atoms with E-state index >= 15 is 0 Å². The van der Waals surface area contributed by atoms with E-state index in [4.69, 9.17) is 9.88 Å². The molecule has 0 saturated carbocycles. The number of hydrogen-bond donors (Lipinski definition) is 1. The highest BCUT2D eigenvalue weighted by Crippen LogP contribution is 2.23. The maximum absolute atomic E-state index is 12.9. The molecule has 0 unspecified atom stereocenters. The molecule has 6 heteroatoms. The molecule has 0 aliphatic carbocycles. The van der Waals surface area contributed by atoms with Crippen molar-refractivity contribution in [3.8, 4) is 5.75 Å². The number of nitrogens with two attached hydrogens (primary N) is 1. The Morgan fingerprint density at radius 1 is 1.39 bits per heavy atom. The van der Waals surface area contributed by atoms with Crippen molar-refractivity contribution in [2.24, 2.45) is 10.6 Å². The van der Waals surface area contributed by atoms with Gasteiger partial charge in [0.2, 0.25) is 10.0 Å². The zero-order valence-electron chi connectivity index (χ0n) is 10.7. The molecule has 4 nitrogen and oxygen atoms in total. The summed E-state index contributed by atoms with van der Waals surface area (Å²) in [4.78, 5) is 0. The van der Waals surface area contributed by atoms with Gasteiger partial charge in [0.15, 0.2) is 0 Å². The lowest BCUT2D eigenvalue weighted by molar-refractivity contribution is 0.198. The topological polar surface area (TPSA) is 69.4 Å². The molecule has 102 valence electrons. The summed E-state index contributed by atoms with van der Waals surface area (Å²) in [6.45, 7) is 5.41. The van der Waals surface area contributed by atoms with Gasteiger partial charge in [0, 0.05) is 5.41 Å². The summed E-state index contributed by atoms with van der Waals surface area (Å²) in [7, 11) is -3.54. The Balaban J connectivity index is 2.70. The van der Waals surface area contributed by atoms with Crippen molar-refractivity contribution in [3.63, 3.8) is 0 Å². The van der Waals surface area contributed by atoms with Crippen LogP contribution in [0, 0.1) is 18.2 Å². The standard InChI is InChI=1S/C12H18FNO3S/c1-9-6-10(13)4-5-11(9)17-7-12(2,3)8-18(14,15)16/h4-6H,7-8H2,1-3H3,(H2,14,15,16). The second-order valence-corrected chi connectivity index (χ2v) is 6.78. The van der Waals surface area contributed by atoms with Gasteiger partial charge in [-0.2, -0.15) is 0 Å². The molecule has 2 N–H and O–H groups in total. The molecule has 0 bridgehead atoms. The molecule has 0 heterocycles. The van der Waals surface area contributed by atoms with Gasteiger partial charge in [-0.3, -0.25) is 0 Å². The lowest BCUT2D eigenvalue weighted by Gasteiger charge is -2.23. The van der Waals surface area contributed by atoms with E-state index in [0.29, 0.717) is 11.3 Å². The molecule has 0 atom stereocenters. The number of aryl methyl sites for hydroxylation is 1. The Morgan fingerprint density at radius 2 is 2.00 bits per heavy atom.